The van der Waals surface area contributed by atoms with Crippen molar-refractivity contribution in [3.05, 3.63) is 11.9 Å². The predicted octanol–water partition coefficient (Wildman–Crippen LogP) is 2.46. The number of halogens is 6. The lowest BCUT2D eigenvalue weighted by atomic mass is 9.98. The van der Waals surface area contributed by atoms with Crippen LogP contribution in [-0.4, -0.2) is 32.5 Å². The van der Waals surface area contributed by atoms with Crippen molar-refractivity contribution >= 4 is 0 Å². The fraction of sp³-hybridized carbons (Fsp3) is 0.778. The number of rotatable bonds is 4. The van der Waals surface area contributed by atoms with Gasteiger partial charge in [0, 0.05) is 6.54 Å². The lowest BCUT2D eigenvalue weighted by Crippen LogP contribution is -2.41. The highest BCUT2D eigenvalue weighted by Gasteiger charge is 2.61. The summed E-state index contributed by atoms with van der Waals surface area (Å²) < 4.78 is 75.5. The van der Waals surface area contributed by atoms with Crippen LogP contribution in [0.1, 0.15) is 25.1 Å². The molecular formula is C9H11F6N3O. The van der Waals surface area contributed by atoms with Crippen LogP contribution in [0.2, 0.25) is 0 Å². The number of alkyl halides is 6. The quantitative estimate of drug-likeness (QED) is 0.867. The van der Waals surface area contributed by atoms with E-state index in [-0.39, 0.29) is 6.54 Å². The van der Waals surface area contributed by atoms with Crippen LogP contribution in [-0.2, 0) is 6.54 Å². The third kappa shape index (κ3) is 3.58. The Morgan fingerprint density at radius 1 is 1.21 bits per heavy atom. The predicted molar refractivity (Wildman–Crippen MR) is 50.9 cm³/mol. The SMILES string of the molecule is CCCn1nncc1C(O)C(C(F)(F)F)C(F)(F)F. The zero-order chi connectivity index (χ0) is 14.8. The first kappa shape index (κ1) is 15.7. The monoisotopic (exact) mass is 291 g/mol. The molecule has 1 N–H and O–H groups in total. The van der Waals surface area contributed by atoms with Gasteiger partial charge < -0.3 is 5.11 Å². The molecule has 110 valence electrons. The molecule has 0 spiro atoms. The minimum absolute atomic E-state index is 0.0643. The smallest absolute Gasteiger partial charge is 0.386 e. The van der Waals surface area contributed by atoms with Crippen LogP contribution in [0.4, 0.5) is 26.3 Å². The lowest BCUT2D eigenvalue weighted by molar-refractivity contribution is -0.308. The Hall–Kier alpha value is -1.32. The van der Waals surface area contributed by atoms with Crippen molar-refractivity contribution in [1.29, 1.82) is 0 Å². The number of nitrogens with zero attached hydrogens (tertiary/aromatic N) is 3. The fourth-order valence-corrected chi connectivity index (χ4v) is 1.59. The van der Waals surface area contributed by atoms with Crippen LogP contribution < -0.4 is 0 Å². The second kappa shape index (κ2) is 5.35. The molecule has 0 aliphatic rings. The summed E-state index contributed by atoms with van der Waals surface area (Å²) in [5.41, 5.74) is -0.610. The summed E-state index contributed by atoms with van der Waals surface area (Å²) in [5.74, 6) is -3.87. The van der Waals surface area contributed by atoms with E-state index in [1.54, 1.807) is 6.92 Å². The van der Waals surface area contributed by atoms with Crippen molar-refractivity contribution in [2.24, 2.45) is 5.92 Å². The van der Waals surface area contributed by atoms with E-state index in [0.717, 1.165) is 4.68 Å². The summed E-state index contributed by atoms with van der Waals surface area (Å²) in [6.07, 6.45) is -12.9. The van der Waals surface area contributed by atoms with Crippen molar-refractivity contribution in [3.8, 4) is 0 Å². The molecule has 1 atom stereocenters. The molecule has 10 heteroatoms. The first-order valence-electron chi connectivity index (χ1n) is 5.29. The van der Waals surface area contributed by atoms with Gasteiger partial charge in [-0.05, 0) is 6.42 Å². The van der Waals surface area contributed by atoms with Crippen LogP contribution in [0, 0.1) is 5.92 Å². The molecule has 0 aliphatic heterocycles. The van der Waals surface area contributed by atoms with Gasteiger partial charge in [-0.1, -0.05) is 12.1 Å². The Morgan fingerprint density at radius 2 is 1.74 bits per heavy atom. The number of hydrogen-bond acceptors (Lipinski definition) is 3. The van der Waals surface area contributed by atoms with Gasteiger partial charge in [-0.3, -0.25) is 0 Å². The van der Waals surface area contributed by atoms with Crippen LogP contribution in [0.3, 0.4) is 0 Å². The number of aromatic nitrogens is 3. The van der Waals surface area contributed by atoms with Crippen LogP contribution >= 0.6 is 0 Å². The van der Waals surface area contributed by atoms with Gasteiger partial charge in [-0.2, -0.15) is 26.3 Å². The van der Waals surface area contributed by atoms with Gasteiger partial charge in [0.15, 0.2) is 5.92 Å². The van der Waals surface area contributed by atoms with E-state index in [1.165, 1.54) is 0 Å². The Labute approximate surface area is 104 Å². The first-order chi connectivity index (χ1) is 8.59. The minimum atomic E-state index is -5.61. The van der Waals surface area contributed by atoms with Gasteiger partial charge in [0.25, 0.3) is 0 Å². The van der Waals surface area contributed by atoms with E-state index >= 15 is 0 Å². The highest BCUT2D eigenvalue weighted by atomic mass is 19.4. The van der Waals surface area contributed by atoms with Crippen LogP contribution in [0.25, 0.3) is 0 Å². The minimum Gasteiger partial charge on any atom is -0.386 e. The average molecular weight is 291 g/mol. The Bertz CT molecular complexity index is 399. The summed E-state index contributed by atoms with van der Waals surface area (Å²) in [7, 11) is 0. The maximum Gasteiger partial charge on any atom is 0.403 e. The summed E-state index contributed by atoms with van der Waals surface area (Å²) in [5, 5.41) is 16.0. The normalized spacial score (nSPS) is 15.0. The van der Waals surface area contributed by atoms with Gasteiger partial charge in [-0.15, -0.1) is 5.10 Å². The summed E-state index contributed by atoms with van der Waals surface area (Å²) >= 11 is 0. The molecule has 0 saturated carbocycles. The molecule has 0 aromatic carbocycles. The molecule has 19 heavy (non-hydrogen) atoms. The Kier molecular flexibility index (Phi) is 4.43. The van der Waals surface area contributed by atoms with Gasteiger partial charge in [0.05, 0.1) is 11.9 Å². The molecule has 0 aliphatic carbocycles. The molecule has 1 unspecified atom stereocenters. The summed E-state index contributed by atoms with van der Waals surface area (Å²) in [6, 6.07) is 0. The van der Waals surface area contributed by atoms with Crippen LogP contribution in [0.5, 0.6) is 0 Å². The van der Waals surface area contributed by atoms with Gasteiger partial charge in [-0.25, -0.2) is 4.68 Å². The number of aryl methyl sites for hydroxylation is 1. The zero-order valence-electron chi connectivity index (χ0n) is 9.70. The van der Waals surface area contributed by atoms with Crippen LogP contribution in [0.15, 0.2) is 6.20 Å². The summed E-state index contributed by atoms with van der Waals surface area (Å²) in [4.78, 5) is 0. The molecule has 1 heterocycles. The third-order valence-corrected chi connectivity index (χ3v) is 2.41. The van der Waals surface area contributed by atoms with E-state index in [9.17, 15) is 31.4 Å². The van der Waals surface area contributed by atoms with Crippen molar-refractivity contribution in [2.75, 3.05) is 0 Å². The van der Waals surface area contributed by atoms with E-state index in [2.05, 4.69) is 10.3 Å². The van der Waals surface area contributed by atoms with Crippen molar-refractivity contribution in [3.63, 3.8) is 0 Å². The molecule has 1 rings (SSSR count). The number of aliphatic hydroxyl groups excluding tert-OH is 1. The maximum atomic E-state index is 12.4. The second-order valence-electron chi connectivity index (χ2n) is 3.89. The highest BCUT2D eigenvalue weighted by Crippen LogP contribution is 2.46. The standard InChI is InChI=1S/C9H11F6N3O/c1-2-3-18-5(4-16-17-18)6(19)7(8(10,11)12)9(13,14)15/h4,6-7,19H,2-3H2,1H3. The van der Waals surface area contributed by atoms with Crippen molar-refractivity contribution in [1.82, 2.24) is 15.0 Å². The lowest BCUT2D eigenvalue weighted by Gasteiger charge is -2.27. The van der Waals surface area contributed by atoms with Gasteiger partial charge in [0.1, 0.15) is 6.10 Å². The van der Waals surface area contributed by atoms with E-state index < -0.39 is 30.1 Å². The zero-order valence-corrected chi connectivity index (χ0v) is 9.70. The maximum absolute atomic E-state index is 12.4. The highest BCUT2D eigenvalue weighted by molar-refractivity contribution is 5.04. The fourth-order valence-electron chi connectivity index (χ4n) is 1.59. The molecule has 0 saturated heterocycles. The van der Waals surface area contributed by atoms with Crippen molar-refractivity contribution in [2.45, 2.75) is 38.3 Å². The molecule has 0 fully saturated rings. The van der Waals surface area contributed by atoms with E-state index in [1.807, 2.05) is 0 Å². The molecule has 4 nitrogen and oxygen atoms in total. The third-order valence-electron chi connectivity index (χ3n) is 2.41. The summed E-state index contributed by atoms with van der Waals surface area (Å²) in [6.45, 7) is 1.72. The molecular weight excluding hydrogens is 280 g/mol. The second-order valence-corrected chi connectivity index (χ2v) is 3.89. The molecule has 0 amide bonds. The Morgan fingerprint density at radius 3 is 2.16 bits per heavy atom. The number of hydrogen-bond donors (Lipinski definition) is 1. The molecule has 1 aromatic rings. The molecule has 0 bridgehead atoms. The van der Waals surface area contributed by atoms with Gasteiger partial charge in [0.2, 0.25) is 0 Å². The van der Waals surface area contributed by atoms with E-state index in [0.29, 0.717) is 12.6 Å². The molecule has 0 radical (unpaired) electrons. The Balaban J connectivity index is 3.13. The number of aliphatic hydroxyl groups is 1. The average Bonchev–Trinajstić information content (AvgIpc) is 2.61. The molecule has 1 aromatic heterocycles. The van der Waals surface area contributed by atoms with E-state index in [4.69, 9.17) is 0 Å². The topological polar surface area (TPSA) is 50.9 Å². The van der Waals surface area contributed by atoms with Crippen molar-refractivity contribution < 1.29 is 31.4 Å². The largest absolute Gasteiger partial charge is 0.403 e. The first-order valence-corrected chi connectivity index (χ1v) is 5.29. The van der Waals surface area contributed by atoms with Gasteiger partial charge >= 0.3 is 12.4 Å².